The maximum absolute atomic E-state index is 13.6. The molecule has 1 aromatic heterocycles. The summed E-state index contributed by atoms with van der Waals surface area (Å²) in [6.45, 7) is 1.42. The number of carbonyl (C=O) groups excluding carboxylic acids is 2. The van der Waals surface area contributed by atoms with Crippen LogP contribution in [0.3, 0.4) is 0 Å². The number of imidazole rings is 1. The number of nitrogens with one attached hydrogen (secondary N) is 3. The zero-order valence-corrected chi connectivity index (χ0v) is 26.2. The number of amides is 2. The highest BCUT2D eigenvalue weighted by Crippen LogP contribution is 2.37. The zero-order chi connectivity index (χ0) is 32.5. The largest absolute Gasteiger partial charge is 0.487 e. The Kier molecular flexibility index (Phi) is 9.68. The topological polar surface area (TPSA) is 107 Å². The van der Waals surface area contributed by atoms with Crippen LogP contribution in [0.4, 0.5) is 30.5 Å². The Morgan fingerprint density at radius 3 is 2.60 bits per heavy atom. The predicted octanol–water partition coefficient (Wildman–Crippen LogP) is 7.50. The van der Waals surface area contributed by atoms with Crippen LogP contribution in [0, 0.1) is 5.82 Å². The van der Waals surface area contributed by atoms with E-state index < -0.39 is 30.4 Å². The highest BCUT2D eigenvalue weighted by Gasteiger charge is 2.37. The van der Waals surface area contributed by atoms with E-state index in [1.54, 1.807) is 30.7 Å². The van der Waals surface area contributed by atoms with Gasteiger partial charge >= 0.3 is 0 Å². The molecule has 0 aliphatic carbocycles. The van der Waals surface area contributed by atoms with Gasteiger partial charge in [-0.25, -0.2) is 18.2 Å². The van der Waals surface area contributed by atoms with Gasteiger partial charge in [-0.1, -0.05) is 40.9 Å². The van der Waals surface area contributed by atoms with Crippen molar-refractivity contribution >= 4 is 75.0 Å². The smallest absolute Gasteiger partial charge is 0.272 e. The number of aromatic nitrogens is 2. The first-order chi connectivity index (χ1) is 21.4. The number of anilines is 3. The molecule has 3 aromatic carbocycles. The zero-order valence-electron chi connectivity index (χ0n) is 23.9. The fraction of sp³-hybridized carbons (Fsp3) is 0.300. The van der Waals surface area contributed by atoms with Gasteiger partial charge in [0.25, 0.3) is 18.2 Å². The fourth-order valence-electron chi connectivity index (χ4n) is 4.83. The van der Waals surface area contributed by atoms with E-state index in [-0.39, 0.29) is 50.5 Å². The molecule has 1 atom stereocenters. The van der Waals surface area contributed by atoms with E-state index in [4.69, 9.17) is 44.3 Å². The summed E-state index contributed by atoms with van der Waals surface area (Å²) in [5.74, 6) is -1.51. The Labute approximate surface area is 270 Å². The second-order valence-corrected chi connectivity index (χ2v) is 11.7. The van der Waals surface area contributed by atoms with Gasteiger partial charge in [0.2, 0.25) is 5.95 Å². The number of hydrogen-bond donors (Lipinski definition) is 3. The lowest BCUT2D eigenvalue weighted by Crippen LogP contribution is -2.43. The van der Waals surface area contributed by atoms with E-state index in [1.807, 2.05) is 0 Å². The number of carbonyl (C=O) groups is 2. The molecule has 3 N–H and O–H groups in total. The van der Waals surface area contributed by atoms with Gasteiger partial charge in [0.1, 0.15) is 23.8 Å². The molecule has 45 heavy (non-hydrogen) atoms. The third kappa shape index (κ3) is 7.09. The van der Waals surface area contributed by atoms with Crippen LogP contribution in [0.25, 0.3) is 11.0 Å². The van der Waals surface area contributed by atoms with Crippen molar-refractivity contribution in [3.05, 3.63) is 74.5 Å². The fourth-order valence-corrected chi connectivity index (χ4v) is 5.54. The minimum atomic E-state index is -2.80. The third-order valence-electron chi connectivity index (χ3n) is 7.32. The lowest BCUT2D eigenvalue weighted by Gasteiger charge is -2.22. The normalized spacial score (nSPS) is 16.3. The highest BCUT2D eigenvalue weighted by atomic mass is 35.5. The van der Waals surface area contributed by atoms with Crippen LogP contribution in [0.5, 0.6) is 5.75 Å². The Morgan fingerprint density at radius 1 is 1.13 bits per heavy atom. The van der Waals surface area contributed by atoms with E-state index in [1.165, 1.54) is 24.3 Å². The number of alkyl halides is 2. The van der Waals surface area contributed by atoms with Crippen molar-refractivity contribution < 1.29 is 32.2 Å². The molecule has 1 unspecified atom stereocenters. The average molecular weight is 685 g/mol. The van der Waals surface area contributed by atoms with Gasteiger partial charge in [0.15, 0.2) is 0 Å². The molecule has 2 heterocycles. The van der Waals surface area contributed by atoms with E-state index in [0.29, 0.717) is 35.3 Å². The van der Waals surface area contributed by atoms with E-state index >= 15 is 0 Å². The van der Waals surface area contributed by atoms with Gasteiger partial charge < -0.3 is 30.0 Å². The van der Waals surface area contributed by atoms with Crippen molar-refractivity contribution in [2.24, 2.45) is 7.05 Å². The van der Waals surface area contributed by atoms with E-state index in [2.05, 4.69) is 20.9 Å². The molecule has 1 aliphatic heterocycles. The first-order valence-electron chi connectivity index (χ1n) is 13.7. The number of ether oxygens (including phenoxy) is 2. The van der Waals surface area contributed by atoms with Crippen LogP contribution in [0.15, 0.2) is 42.5 Å². The van der Waals surface area contributed by atoms with Gasteiger partial charge in [-0.05, 0) is 55.7 Å². The second kappa shape index (κ2) is 13.3. The minimum absolute atomic E-state index is 0.0954. The summed E-state index contributed by atoms with van der Waals surface area (Å²) >= 11 is 19.0. The van der Waals surface area contributed by atoms with Crippen LogP contribution in [0.2, 0.25) is 15.1 Å². The summed E-state index contributed by atoms with van der Waals surface area (Å²) in [7, 11) is 1.66. The van der Waals surface area contributed by atoms with Crippen LogP contribution >= 0.6 is 34.8 Å². The molecular formula is C30H27Cl3F3N5O4. The predicted molar refractivity (Wildman–Crippen MR) is 167 cm³/mol. The molecule has 1 fully saturated rings. The van der Waals surface area contributed by atoms with Crippen LogP contribution < -0.4 is 20.7 Å². The molecule has 0 radical (unpaired) electrons. The summed E-state index contributed by atoms with van der Waals surface area (Å²) < 4.78 is 52.2. The Morgan fingerprint density at radius 2 is 1.91 bits per heavy atom. The van der Waals surface area contributed by atoms with E-state index in [9.17, 15) is 22.8 Å². The summed E-state index contributed by atoms with van der Waals surface area (Å²) in [5, 5.41) is 8.82. The maximum atomic E-state index is 13.6. The number of benzene rings is 3. The van der Waals surface area contributed by atoms with Crippen molar-refractivity contribution in [3.63, 3.8) is 0 Å². The quantitative estimate of drug-likeness (QED) is 0.160. The molecule has 0 saturated carbocycles. The van der Waals surface area contributed by atoms with Gasteiger partial charge in [-0.3, -0.25) is 9.59 Å². The molecule has 1 saturated heterocycles. The Bertz CT molecular complexity index is 1780. The first-order valence-corrected chi connectivity index (χ1v) is 14.8. The van der Waals surface area contributed by atoms with Crippen molar-refractivity contribution in [1.29, 1.82) is 0 Å². The van der Waals surface area contributed by atoms with Crippen molar-refractivity contribution in [2.45, 2.75) is 38.3 Å². The van der Waals surface area contributed by atoms with Crippen LogP contribution in [-0.2, 0) is 23.1 Å². The summed E-state index contributed by atoms with van der Waals surface area (Å²) in [6, 6.07) is 9.69. The number of fused-ring (bicyclic) bond motifs is 1. The molecule has 0 spiro atoms. The van der Waals surface area contributed by atoms with Crippen LogP contribution in [0.1, 0.15) is 35.7 Å². The lowest BCUT2D eigenvalue weighted by molar-refractivity contribution is -0.139. The van der Waals surface area contributed by atoms with Crippen molar-refractivity contribution in [3.8, 4) is 5.75 Å². The summed E-state index contributed by atoms with van der Waals surface area (Å²) in [6.07, 6.45) is -1.38. The minimum Gasteiger partial charge on any atom is -0.487 e. The number of rotatable bonds is 10. The number of aryl methyl sites for hydroxylation is 1. The highest BCUT2D eigenvalue weighted by molar-refractivity contribution is 6.39. The number of hydrogen-bond acceptors (Lipinski definition) is 6. The average Bonchev–Trinajstić information content (AvgIpc) is 3.58. The Hall–Kier alpha value is -3.71. The van der Waals surface area contributed by atoms with Gasteiger partial charge in [0, 0.05) is 32.0 Å². The maximum Gasteiger partial charge on any atom is 0.272 e. The Balaban J connectivity index is 1.44. The third-order valence-corrected chi connectivity index (χ3v) is 8.35. The van der Waals surface area contributed by atoms with E-state index in [0.717, 1.165) is 12.5 Å². The standard InChI is InChI=1S/C30H27Cl3F3N5O4/c1-30(8-3-9-45-30)28(43)37-13-15-4-6-18(31)26(25(15)33)40-29-39-21-11-17(23(44-14-24(35)36)12-22(21)41(29)2)27(42)38-16-5-7-20(34)19(32)10-16/h4-7,10-12,24H,3,8-9,13-14H2,1-2H3,(H,37,43)(H,38,42)(H,39,40). The summed E-state index contributed by atoms with van der Waals surface area (Å²) in [4.78, 5) is 30.5. The van der Waals surface area contributed by atoms with Crippen LogP contribution in [-0.4, -0.2) is 46.6 Å². The monoisotopic (exact) mass is 683 g/mol. The molecule has 15 heteroatoms. The molecule has 5 rings (SSSR count). The number of halogens is 6. The van der Waals surface area contributed by atoms with Gasteiger partial charge in [-0.15, -0.1) is 0 Å². The molecule has 1 aliphatic rings. The molecule has 4 aromatic rings. The molecule has 2 amide bonds. The number of nitrogens with zero attached hydrogens (tertiary/aromatic N) is 2. The molecule has 238 valence electrons. The van der Waals surface area contributed by atoms with Gasteiger partial charge in [-0.2, -0.15) is 0 Å². The van der Waals surface area contributed by atoms with Gasteiger partial charge in [0.05, 0.1) is 37.4 Å². The molecule has 9 nitrogen and oxygen atoms in total. The van der Waals surface area contributed by atoms with Crippen molar-refractivity contribution in [1.82, 2.24) is 14.9 Å². The first kappa shape index (κ1) is 32.7. The SMILES string of the molecule is Cn1c(Nc2c(Cl)ccc(CNC(=O)C3(C)CCCO3)c2Cl)nc2cc(C(=O)Nc3ccc(F)c(Cl)c3)c(OCC(F)F)cc21. The summed E-state index contributed by atoms with van der Waals surface area (Å²) in [5.41, 5.74) is 0.830. The molecule has 0 bridgehead atoms. The van der Waals surface area contributed by atoms with Crippen molar-refractivity contribution in [2.75, 3.05) is 23.8 Å². The lowest BCUT2D eigenvalue weighted by atomic mass is 10.0. The second-order valence-electron chi connectivity index (χ2n) is 10.5. The molecular weight excluding hydrogens is 658 g/mol.